The molecule has 1 aromatic rings. The van der Waals surface area contributed by atoms with Gasteiger partial charge in [-0.2, -0.15) is 0 Å². The Labute approximate surface area is 109 Å². The first kappa shape index (κ1) is 13.5. The van der Waals surface area contributed by atoms with Gasteiger partial charge >= 0.3 is 0 Å². The third-order valence-electron chi connectivity index (χ3n) is 3.81. The van der Waals surface area contributed by atoms with Crippen LogP contribution in [0.2, 0.25) is 0 Å². The Kier molecular flexibility index (Phi) is 4.36. The molecule has 1 N–H and O–H groups in total. The molecule has 0 aliphatic heterocycles. The number of halogens is 1. The average molecular weight is 251 g/mol. The van der Waals surface area contributed by atoms with Crippen molar-refractivity contribution in [2.24, 2.45) is 5.41 Å². The van der Waals surface area contributed by atoms with Crippen LogP contribution in [0.4, 0.5) is 4.39 Å². The van der Waals surface area contributed by atoms with Crippen molar-refractivity contribution in [2.75, 3.05) is 26.8 Å². The van der Waals surface area contributed by atoms with Gasteiger partial charge in [-0.1, -0.05) is 6.07 Å². The number of hydrogen-bond donors (Lipinski definition) is 1. The Morgan fingerprint density at radius 2 is 2.17 bits per heavy atom. The van der Waals surface area contributed by atoms with E-state index in [-0.39, 0.29) is 5.82 Å². The van der Waals surface area contributed by atoms with Gasteiger partial charge in [-0.25, -0.2) is 4.39 Å². The van der Waals surface area contributed by atoms with Gasteiger partial charge < -0.3 is 10.1 Å². The van der Waals surface area contributed by atoms with Crippen molar-refractivity contribution in [1.82, 2.24) is 5.32 Å². The summed E-state index contributed by atoms with van der Waals surface area (Å²) < 4.78 is 18.1. The molecule has 1 fully saturated rings. The lowest BCUT2D eigenvalue weighted by Gasteiger charge is -2.17. The maximum absolute atomic E-state index is 13.1. The SMILES string of the molecule is COCCNCC1(Cc2ccc(F)cc2C)CC1. The smallest absolute Gasteiger partial charge is 0.123 e. The molecule has 1 aliphatic rings. The minimum Gasteiger partial charge on any atom is -0.383 e. The van der Waals surface area contributed by atoms with E-state index in [4.69, 9.17) is 4.74 Å². The highest BCUT2D eigenvalue weighted by Crippen LogP contribution is 2.48. The summed E-state index contributed by atoms with van der Waals surface area (Å²) in [5.74, 6) is -0.140. The molecule has 0 atom stereocenters. The normalized spacial score (nSPS) is 16.8. The van der Waals surface area contributed by atoms with Crippen molar-refractivity contribution in [1.29, 1.82) is 0 Å². The maximum Gasteiger partial charge on any atom is 0.123 e. The minimum absolute atomic E-state index is 0.140. The van der Waals surface area contributed by atoms with Crippen molar-refractivity contribution >= 4 is 0 Å². The lowest BCUT2D eigenvalue weighted by molar-refractivity contribution is 0.197. The second-order valence-corrected chi connectivity index (χ2v) is 5.42. The van der Waals surface area contributed by atoms with E-state index in [0.29, 0.717) is 5.41 Å². The van der Waals surface area contributed by atoms with Gasteiger partial charge in [-0.05, 0) is 54.9 Å². The van der Waals surface area contributed by atoms with Crippen LogP contribution < -0.4 is 5.32 Å². The molecule has 0 aromatic heterocycles. The summed E-state index contributed by atoms with van der Waals surface area (Å²) in [4.78, 5) is 0. The number of methoxy groups -OCH3 is 1. The van der Waals surface area contributed by atoms with E-state index in [1.54, 1.807) is 19.2 Å². The summed E-state index contributed by atoms with van der Waals surface area (Å²) in [5, 5.41) is 3.44. The number of ether oxygens (including phenoxy) is 1. The largest absolute Gasteiger partial charge is 0.383 e. The van der Waals surface area contributed by atoms with Crippen LogP contribution in [0.15, 0.2) is 18.2 Å². The van der Waals surface area contributed by atoms with E-state index in [1.807, 2.05) is 13.0 Å². The van der Waals surface area contributed by atoms with Crippen LogP contribution >= 0.6 is 0 Å². The number of rotatable bonds is 7. The van der Waals surface area contributed by atoms with Crippen molar-refractivity contribution in [3.05, 3.63) is 35.1 Å². The number of benzene rings is 1. The van der Waals surface area contributed by atoms with E-state index in [0.717, 1.165) is 31.7 Å². The van der Waals surface area contributed by atoms with Gasteiger partial charge in [0.1, 0.15) is 5.82 Å². The van der Waals surface area contributed by atoms with E-state index < -0.39 is 0 Å². The van der Waals surface area contributed by atoms with Gasteiger partial charge in [0.2, 0.25) is 0 Å². The van der Waals surface area contributed by atoms with E-state index in [1.165, 1.54) is 18.4 Å². The fourth-order valence-corrected chi connectivity index (χ4v) is 2.38. The lowest BCUT2D eigenvalue weighted by atomic mass is 9.93. The average Bonchev–Trinajstić information content (AvgIpc) is 3.09. The number of nitrogens with one attached hydrogen (secondary N) is 1. The van der Waals surface area contributed by atoms with E-state index >= 15 is 0 Å². The van der Waals surface area contributed by atoms with Crippen LogP contribution in [-0.4, -0.2) is 26.8 Å². The number of aryl methyl sites for hydroxylation is 1. The molecule has 0 amide bonds. The molecule has 1 saturated carbocycles. The minimum atomic E-state index is -0.140. The number of hydrogen-bond acceptors (Lipinski definition) is 2. The molecule has 18 heavy (non-hydrogen) atoms. The fraction of sp³-hybridized carbons (Fsp3) is 0.600. The summed E-state index contributed by atoms with van der Waals surface area (Å²) in [6.45, 7) is 4.69. The Hall–Kier alpha value is -0.930. The molecule has 1 aliphatic carbocycles. The van der Waals surface area contributed by atoms with Crippen LogP contribution in [0.3, 0.4) is 0 Å². The second kappa shape index (κ2) is 5.81. The molecule has 0 spiro atoms. The van der Waals surface area contributed by atoms with Crippen LogP contribution in [0.5, 0.6) is 0 Å². The van der Waals surface area contributed by atoms with Crippen LogP contribution in [0, 0.1) is 18.2 Å². The third-order valence-corrected chi connectivity index (χ3v) is 3.81. The second-order valence-electron chi connectivity index (χ2n) is 5.42. The lowest BCUT2D eigenvalue weighted by Crippen LogP contribution is -2.28. The zero-order valence-electron chi connectivity index (χ0n) is 11.3. The van der Waals surface area contributed by atoms with Crippen molar-refractivity contribution in [2.45, 2.75) is 26.2 Å². The standard InChI is InChI=1S/C15H22FNO/c1-12-9-14(16)4-3-13(12)10-15(5-6-15)11-17-7-8-18-2/h3-4,9,17H,5-8,10-11H2,1-2H3. The van der Waals surface area contributed by atoms with Crippen molar-refractivity contribution in [3.8, 4) is 0 Å². The first-order chi connectivity index (χ1) is 8.65. The Morgan fingerprint density at radius 3 is 2.78 bits per heavy atom. The molecule has 100 valence electrons. The zero-order valence-corrected chi connectivity index (χ0v) is 11.3. The van der Waals surface area contributed by atoms with Gasteiger partial charge in [-0.15, -0.1) is 0 Å². The molecule has 2 rings (SSSR count). The summed E-state index contributed by atoms with van der Waals surface area (Å²) in [5.41, 5.74) is 2.75. The van der Waals surface area contributed by atoms with Gasteiger partial charge in [0, 0.05) is 20.2 Å². The molecule has 0 heterocycles. The molecule has 1 aromatic carbocycles. The van der Waals surface area contributed by atoms with Crippen LogP contribution in [0.25, 0.3) is 0 Å². The quantitative estimate of drug-likeness (QED) is 0.752. The molecule has 3 heteroatoms. The van der Waals surface area contributed by atoms with Crippen molar-refractivity contribution in [3.63, 3.8) is 0 Å². The molecule has 0 radical (unpaired) electrons. The monoisotopic (exact) mass is 251 g/mol. The molecular weight excluding hydrogens is 229 g/mol. The van der Waals surface area contributed by atoms with Crippen molar-refractivity contribution < 1.29 is 9.13 Å². The van der Waals surface area contributed by atoms with Crippen LogP contribution in [0.1, 0.15) is 24.0 Å². The zero-order chi connectivity index (χ0) is 13.0. The Balaban J connectivity index is 1.88. The highest BCUT2D eigenvalue weighted by atomic mass is 19.1. The van der Waals surface area contributed by atoms with E-state index in [2.05, 4.69) is 5.32 Å². The summed E-state index contributed by atoms with van der Waals surface area (Å²) in [6.07, 6.45) is 3.59. The third kappa shape index (κ3) is 3.53. The van der Waals surface area contributed by atoms with Crippen LogP contribution in [-0.2, 0) is 11.2 Å². The Bertz CT molecular complexity index is 401. The highest BCUT2D eigenvalue weighted by Gasteiger charge is 2.42. The van der Waals surface area contributed by atoms with Gasteiger partial charge in [0.25, 0.3) is 0 Å². The molecule has 0 unspecified atom stereocenters. The molecular formula is C15H22FNO. The predicted octanol–water partition coefficient (Wildman–Crippen LogP) is 2.69. The van der Waals surface area contributed by atoms with E-state index in [9.17, 15) is 4.39 Å². The first-order valence-corrected chi connectivity index (χ1v) is 6.60. The van der Waals surface area contributed by atoms with Gasteiger partial charge in [0.15, 0.2) is 0 Å². The summed E-state index contributed by atoms with van der Waals surface area (Å²) >= 11 is 0. The summed E-state index contributed by atoms with van der Waals surface area (Å²) in [7, 11) is 1.72. The molecule has 0 bridgehead atoms. The molecule has 2 nitrogen and oxygen atoms in total. The van der Waals surface area contributed by atoms with Gasteiger partial charge in [-0.3, -0.25) is 0 Å². The first-order valence-electron chi connectivity index (χ1n) is 6.60. The summed E-state index contributed by atoms with van der Waals surface area (Å²) in [6, 6.07) is 5.13. The topological polar surface area (TPSA) is 21.3 Å². The fourth-order valence-electron chi connectivity index (χ4n) is 2.38. The molecule has 0 saturated heterocycles. The highest BCUT2D eigenvalue weighted by molar-refractivity contribution is 5.28. The predicted molar refractivity (Wildman–Crippen MR) is 71.3 cm³/mol. The Morgan fingerprint density at radius 1 is 1.39 bits per heavy atom. The maximum atomic E-state index is 13.1. The van der Waals surface area contributed by atoms with Gasteiger partial charge in [0.05, 0.1) is 6.61 Å².